The van der Waals surface area contributed by atoms with Crippen molar-refractivity contribution in [2.45, 2.75) is 20.3 Å². The minimum atomic E-state index is -1.27. The molecule has 0 aliphatic rings. The monoisotopic (exact) mass is 190 g/mol. The predicted octanol–water partition coefficient (Wildman–Crippen LogP) is -1.38. The fourth-order valence-corrected chi connectivity index (χ4v) is 0.620. The Hall–Kier alpha value is -0.408. The Morgan fingerprint density at radius 1 is 1.33 bits per heavy atom. The first kappa shape index (κ1) is 22.6. The molecule has 68 valence electrons. The van der Waals surface area contributed by atoms with Gasteiger partial charge in [0.2, 0.25) is 0 Å². The smallest absolute Gasteiger partial charge is 0.870 e. The second kappa shape index (κ2) is 10.6. The van der Waals surface area contributed by atoms with Gasteiger partial charge in [0.1, 0.15) is 5.78 Å². The van der Waals surface area contributed by atoms with Crippen molar-refractivity contribution < 1.29 is 25.6 Å². The van der Waals surface area contributed by atoms with Crippen LogP contribution in [-0.2, 0) is 9.59 Å². The van der Waals surface area contributed by atoms with Crippen LogP contribution < -0.4 is 5.11 Å². The minimum Gasteiger partial charge on any atom is -0.870 e. The van der Waals surface area contributed by atoms with Crippen molar-refractivity contribution in [1.29, 1.82) is 0 Å². The molecular formula is C6H11AlO5. The number of carboxylic acid groups (broad SMARTS) is 1. The van der Waals surface area contributed by atoms with Gasteiger partial charge >= 0.3 is 17.4 Å². The maximum atomic E-state index is 10.4. The second-order valence-electron chi connectivity index (χ2n) is 1.89. The van der Waals surface area contributed by atoms with Crippen molar-refractivity contribution >= 4 is 29.1 Å². The third kappa shape index (κ3) is 7.70. The molecule has 1 unspecified atom stereocenters. The molecule has 0 aliphatic carbocycles. The molecule has 0 aromatic rings. The maximum absolute atomic E-state index is 10.4. The van der Waals surface area contributed by atoms with Gasteiger partial charge in [0.05, 0.1) is 11.9 Å². The predicted molar refractivity (Wildman–Crippen MR) is 39.1 cm³/mol. The Bertz CT molecular complexity index is 122. The molecule has 0 rings (SSSR count). The normalized spacial score (nSPS) is 9.50. The van der Waals surface area contributed by atoms with Gasteiger partial charge in [-0.25, -0.2) is 0 Å². The Labute approximate surface area is 81.5 Å². The van der Waals surface area contributed by atoms with Gasteiger partial charge in [0.15, 0.2) is 0 Å². The standard InChI is InChI=1S/C6H10O3.Al.2H2O/c1-3-5(4(2)7)6(8)9;;;/h5H,3H2,1-2H3,(H,8,9);;2*1H2/q;+3;;/p-3. The zero-order chi connectivity index (χ0) is 7.44. The van der Waals surface area contributed by atoms with Crippen LogP contribution in [0.1, 0.15) is 20.3 Å². The van der Waals surface area contributed by atoms with Crippen molar-refractivity contribution in [3.8, 4) is 0 Å². The molecule has 0 spiro atoms. The van der Waals surface area contributed by atoms with Gasteiger partial charge in [-0.1, -0.05) is 6.92 Å². The zero-order valence-corrected chi connectivity index (χ0v) is 8.14. The minimum absolute atomic E-state index is 0. The number of carbonyl (C=O) groups is 2. The third-order valence-corrected chi connectivity index (χ3v) is 1.18. The van der Waals surface area contributed by atoms with E-state index >= 15 is 0 Å². The van der Waals surface area contributed by atoms with Crippen LogP contribution in [0.2, 0.25) is 0 Å². The van der Waals surface area contributed by atoms with Crippen LogP contribution in [0, 0.1) is 5.92 Å². The van der Waals surface area contributed by atoms with Crippen LogP contribution in [0.3, 0.4) is 0 Å². The molecule has 2 N–H and O–H groups in total. The molecule has 0 aliphatic heterocycles. The Kier molecular flexibility index (Phi) is 19.9. The Balaban J connectivity index is -0.000000107. The Morgan fingerprint density at radius 2 is 1.67 bits per heavy atom. The van der Waals surface area contributed by atoms with E-state index in [2.05, 4.69) is 0 Å². The number of hydrogen-bond donors (Lipinski definition) is 0. The van der Waals surface area contributed by atoms with Crippen LogP contribution in [-0.4, -0.2) is 40.1 Å². The summed E-state index contributed by atoms with van der Waals surface area (Å²) in [5, 5.41) is 10.0. The van der Waals surface area contributed by atoms with Gasteiger partial charge in [-0.15, -0.1) is 0 Å². The summed E-state index contributed by atoms with van der Waals surface area (Å²) in [5.41, 5.74) is 0. The van der Waals surface area contributed by atoms with Crippen LogP contribution in [0.5, 0.6) is 0 Å². The van der Waals surface area contributed by atoms with E-state index < -0.39 is 11.9 Å². The number of Topliss-reactive ketones (excluding diaryl/α,β-unsaturated/α-hetero) is 1. The van der Waals surface area contributed by atoms with E-state index in [1.54, 1.807) is 6.92 Å². The first-order chi connectivity index (χ1) is 4.09. The number of ketones is 1. The molecule has 0 saturated heterocycles. The molecular weight excluding hydrogens is 179 g/mol. The van der Waals surface area contributed by atoms with Crippen LogP contribution >= 0.6 is 0 Å². The molecule has 0 heterocycles. The fraction of sp³-hybridized carbons (Fsp3) is 0.667. The van der Waals surface area contributed by atoms with E-state index in [0.717, 1.165) is 0 Å². The average Bonchev–Trinajstić information content (AvgIpc) is 1.64. The number of aliphatic carboxylic acids is 1. The topological polar surface area (TPSA) is 117 Å². The largest absolute Gasteiger partial charge is 3.00 e. The van der Waals surface area contributed by atoms with E-state index in [9.17, 15) is 14.7 Å². The maximum Gasteiger partial charge on any atom is 3.00 e. The fourth-order valence-electron chi connectivity index (χ4n) is 0.620. The van der Waals surface area contributed by atoms with Gasteiger partial charge in [-0.2, -0.15) is 0 Å². The number of carboxylic acids is 1. The van der Waals surface area contributed by atoms with Crippen LogP contribution in [0.25, 0.3) is 0 Å². The summed E-state index contributed by atoms with van der Waals surface area (Å²) in [6.07, 6.45) is 0.317. The van der Waals surface area contributed by atoms with Crippen LogP contribution in [0.15, 0.2) is 0 Å². The molecule has 5 nitrogen and oxygen atoms in total. The molecule has 0 aromatic heterocycles. The van der Waals surface area contributed by atoms with Gasteiger partial charge in [0, 0.05) is 0 Å². The van der Waals surface area contributed by atoms with Crippen LogP contribution in [0.4, 0.5) is 0 Å². The van der Waals surface area contributed by atoms with E-state index in [1.165, 1.54) is 6.92 Å². The van der Waals surface area contributed by atoms with Crippen molar-refractivity contribution in [1.82, 2.24) is 0 Å². The summed E-state index contributed by atoms with van der Waals surface area (Å²) in [7, 11) is 0. The van der Waals surface area contributed by atoms with Gasteiger partial charge in [-0.05, 0) is 13.3 Å². The third-order valence-electron chi connectivity index (χ3n) is 1.18. The average molecular weight is 190 g/mol. The number of hydrogen-bond acceptors (Lipinski definition) is 5. The molecule has 0 saturated carbocycles. The summed E-state index contributed by atoms with van der Waals surface area (Å²) in [6.45, 7) is 2.89. The molecule has 0 bridgehead atoms. The van der Waals surface area contributed by atoms with Crippen molar-refractivity contribution in [3.63, 3.8) is 0 Å². The SMILES string of the molecule is CCC(C(C)=O)C(=O)[O-].[Al+3].[OH-].[OH-]. The van der Waals surface area contributed by atoms with Crippen molar-refractivity contribution in [2.24, 2.45) is 5.92 Å². The summed E-state index contributed by atoms with van der Waals surface area (Å²) in [6, 6.07) is 0. The molecule has 0 radical (unpaired) electrons. The van der Waals surface area contributed by atoms with E-state index in [1.807, 2.05) is 0 Å². The van der Waals surface area contributed by atoms with Gasteiger partial charge in [0.25, 0.3) is 0 Å². The zero-order valence-electron chi connectivity index (χ0n) is 6.98. The number of rotatable bonds is 3. The van der Waals surface area contributed by atoms with Gasteiger partial charge in [-0.3, -0.25) is 4.79 Å². The summed E-state index contributed by atoms with van der Waals surface area (Å²) in [5.74, 6) is -2.52. The van der Waals surface area contributed by atoms with E-state index in [-0.39, 0.29) is 34.1 Å². The van der Waals surface area contributed by atoms with Crippen molar-refractivity contribution in [2.75, 3.05) is 0 Å². The molecule has 0 fully saturated rings. The summed E-state index contributed by atoms with van der Waals surface area (Å²) < 4.78 is 0. The molecule has 0 aromatic carbocycles. The molecule has 12 heavy (non-hydrogen) atoms. The number of carbonyl (C=O) groups excluding carboxylic acids is 2. The Morgan fingerprint density at radius 3 is 1.67 bits per heavy atom. The molecule has 1 atom stereocenters. The second-order valence-corrected chi connectivity index (χ2v) is 1.89. The molecule has 0 amide bonds. The first-order valence-electron chi connectivity index (χ1n) is 2.81. The van der Waals surface area contributed by atoms with E-state index in [4.69, 9.17) is 0 Å². The van der Waals surface area contributed by atoms with E-state index in [0.29, 0.717) is 6.42 Å². The van der Waals surface area contributed by atoms with Crippen molar-refractivity contribution in [3.05, 3.63) is 0 Å². The summed E-state index contributed by atoms with van der Waals surface area (Å²) in [4.78, 5) is 20.4. The first-order valence-corrected chi connectivity index (χ1v) is 2.81. The summed E-state index contributed by atoms with van der Waals surface area (Å²) >= 11 is 0. The molecule has 6 heteroatoms. The quantitative estimate of drug-likeness (QED) is 0.401. The van der Waals surface area contributed by atoms with Gasteiger partial charge < -0.3 is 20.9 Å².